The summed E-state index contributed by atoms with van der Waals surface area (Å²) < 4.78 is 201. The molecule has 0 aliphatic rings. The van der Waals surface area contributed by atoms with Crippen LogP contribution in [0.3, 0.4) is 0 Å². The van der Waals surface area contributed by atoms with Crippen LogP contribution in [-0.4, -0.2) is 0 Å². The van der Waals surface area contributed by atoms with Gasteiger partial charge in [0.25, 0.3) is 0 Å². The Morgan fingerprint density at radius 1 is 0.333 bits per heavy atom. The summed E-state index contributed by atoms with van der Waals surface area (Å²) in [6.07, 6.45) is 0. The highest BCUT2D eigenvalue weighted by molar-refractivity contribution is 6.21. The van der Waals surface area contributed by atoms with Gasteiger partial charge in [-0.3, -0.25) is 0 Å². The third-order valence-electron chi connectivity index (χ3n) is 5.57. The molecule has 0 radical (unpaired) electrons. The smallest absolute Gasteiger partial charge is 0.0622 e. The van der Waals surface area contributed by atoms with Crippen LogP contribution in [0.15, 0.2) is 145 Å². The largest absolute Gasteiger partial charge is 0.0636 e. The first kappa shape index (κ1) is 7.91. The number of hydrogen-bond acceptors (Lipinski definition) is 0. The first-order valence-corrected chi connectivity index (χ1v) is 10.6. The van der Waals surface area contributed by atoms with Crippen molar-refractivity contribution in [3.05, 3.63) is 145 Å². The average Bonchev–Trinajstić information content (AvgIpc) is 3.20. The summed E-state index contributed by atoms with van der Waals surface area (Å²) in [7, 11) is 0. The zero-order chi connectivity index (χ0) is 43.9. The molecule has 0 aliphatic heterocycles. The van der Waals surface area contributed by atoms with E-state index in [1.807, 2.05) is 0 Å². The maximum Gasteiger partial charge on any atom is 0.0636 e. The van der Waals surface area contributed by atoms with Crippen molar-refractivity contribution in [1.29, 1.82) is 0 Å². The molecule has 36 heavy (non-hydrogen) atoms. The highest BCUT2D eigenvalue weighted by Gasteiger charge is 2.16. The molecular weight excluding hydrogens is 432 g/mol. The Labute approximate surface area is 243 Å². The zero-order valence-corrected chi connectivity index (χ0v) is 18.1. The van der Waals surface area contributed by atoms with E-state index in [0.717, 1.165) is 6.07 Å². The number of hydrogen-bond donors (Lipinski definition) is 0. The van der Waals surface area contributed by atoms with E-state index in [9.17, 15) is 5.48 Å². The number of rotatable bonds is 3. The third-order valence-corrected chi connectivity index (χ3v) is 5.57. The predicted octanol–water partition coefficient (Wildman–Crippen LogP) is 10.1. The van der Waals surface area contributed by atoms with Crippen LogP contribution < -0.4 is 0 Å². The normalized spacial score (nSPS) is 20.3. The monoisotopic (exact) mass is 479 g/mol. The van der Waals surface area contributed by atoms with E-state index in [2.05, 4.69) is 0 Å². The van der Waals surface area contributed by atoms with Gasteiger partial charge in [-0.2, -0.15) is 0 Å². The van der Waals surface area contributed by atoms with E-state index in [1.54, 1.807) is 0 Å². The summed E-state index contributed by atoms with van der Waals surface area (Å²) >= 11 is 0. The van der Waals surface area contributed by atoms with E-state index < -0.39 is 194 Å². The Balaban J connectivity index is 1.79. The first-order valence-electron chi connectivity index (χ1n) is 22.1. The van der Waals surface area contributed by atoms with Crippen LogP contribution >= 0.6 is 0 Å². The lowest BCUT2D eigenvalue weighted by Gasteiger charge is -2.18. The van der Waals surface area contributed by atoms with Crippen molar-refractivity contribution in [2.75, 3.05) is 0 Å². The lowest BCUT2D eigenvalue weighted by Crippen LogP contribution is -1.90. The first-order chi connectivity index (χ1) is 27.4. The summed E-state index contributed by atoms with van der Waals surface area (Å²) in [5.74, 6) is 0. The lowest BCUT2D eigenvalue weighted by molar-refractivity contribution is 1.62. The van der Waals surface area contributed by atoms with E-state index in [4.69, 9.17) is 26.0 Å². The van der Waals surface area contributed by atoms with Crippen LogP contribution in [0.2, 0.25) is 0 Å². The van der Waals surface area contributed by atoms with Gasteiger partial charge in [-0.05, 0) is 71.7 Å². The Kier molecular flexibility index (Phi) is 1.87. The minimum atomic E-state index is -1.00. The van der Waals surface area contributed by atoms with Gasteiger partial charge in [-0.25, -0.2) is 0 Å². The van der Waals surface area contributed by atoms with Crippen LogP contribution in [0.25, 0.3) is 65.7 Å². The second kappa shape index (κ2) is 8.52. The van der Waals surface area contributed by atoms with Crippen molar-refractivity contribution in [1.82, 2.24) is 0 Å². The van der Waals surface area contributed by atoms with Crippen LogP contribution in [0.1, 0.15) is 31.5 Å². The fraction of sp³-hybridized carbons (Fsp3) is 0. The van der Waals surface area contributed by atoms with Crippen molar-refractivity contribution >= 4 is 32.3 Å². The quantitative estimate of drug-likeness (QED) is 0.221. The van der Waals surface area contributed by atoms with Gasteiger partial charge in [0.05, 0.1) is 31.5 Å². The molecule has 7 rings (SSSR count). The van der Waals surface area contributed by atoms with E-state index in [1.165, 1.54) is 0 Å². The van der Waals surface area contributed by atoms with Crippen LogP contribution in [0.5, 0.6) is 0 Å². The zero-order valence-electron chi connectivity index (χ0n) is 41.1. The van der Waals surface area contributed by atoms with Crippen LogP contribution in [0.4, 0.5) is 0 Å². The molecule has 0 fully saturated rings. The molecule has 0 heteroatoms. The summed E-state index contributed by atoms with van der Waals surface area (Å²) in [5, 5.41) is -3.18. The summed E-state index contributed by atoms with van der Waals surface area (Å²) in [6, 6.07) is -18.6. The minimum absolute atomic E-state index is 0.220. The molecule has 0 heterocycles. The van der Waals surface area contributed by atoms with E-state index in [0.29, 0.717) is 0 Å². The fourth-order valence-electron chi connectivity index (χ4n) is 4.02. The maximum atomic E-state index is 9.31. The van der Waals surface area contributed by atoms with Gasteiger partial charge in [-0.15, -0.1) is 0 Å². The molecule has 0 saturated carbocycles. The van der Waals surface area contributed by atoms with Crippen molar-refractivity contribution < 1.29 is 31.5 Å². The van der Waals surface area contributed by atoms with Crippen molar-refractivity contribution in [3.8, 4) is 33.4 Å². The van der Waals surface area contributed by atoms with Gasteiger partial charge < -0.3 is 0 Å². The van der Waals surface area contributed by atoms with E-state index in [-0.39, 0.29) is 10.8 Å². The summed E-state index contributed by atoms with van der Waals surface area (Å²) in [5.41, 5.74) is -4.12. The van der Waals surface area contributed by atoms with Gasteiger partial charge >= 0.3 is 0 Å². The fourth-order valence-corrected chi connectivity index (χ4v) is 4.02. The molecule has 0 amide bonds. The molecule has 0 aromatic heterocycles. The van der Waals surface area contributed by atoms with Crippen LogP contribution in [-0.2, 0) is 0 Å². The average molecular weight is 480 g/mol. The molecule has 7 aromatic carbocycles. The highest BCUT2D eigenvalue weighted by Crippen LogP contribution is 2.43. The molecule has 0 spiro atoms. The van der Waals surface area contributed by atoms with Crippen molar-refractivity contribution in [2.24, 2.45) is 0 Å². The lowest BCUT2D eigenvalue weighted by atomic mass is 9.86. The predicted molar refractivity (Wildman–Crippen MR) is 155 cm³/mol. The third kappa shape index (κ3) is 3.39. The molecule has 0 bridgehead atoms. The second-order valence-corrected chi connectivity index (χ2v) is 7.58. The molecular formula is C36H24. The van der Waals surface area contributed by atoms with Gasteiger partial charge in [0.1, 0.15) is 0 Å². The Hall–Kier alpha value is -4.68. The molecule has 0 N–H and O–H groups in total. The van der Waals surface area contributed by atoms with Crippen molar-refractivity contribution in [3.63, 3.8) is 0 Å². The summed E-state index contributed by atoms with van der Waals surface area (Å²) in [4.78, 5) is 0. The SMILES string of the molecule is [2H]c1cc2c([2H])c([2H])c(-c3c([2H])c([2H])c(-c4c5c([2H])c([2H])c([2H])c([2H])c5c(-c5c([2H])c([2H])c([2H])c([2H])c5[2H])c5c([2H])c([2H])c([2H])c([2H])c45)c([2H])c3[2H])c([2H])c2c([2H])c1[2H]. The molecule has 0 atom stereocenters. The maximum absolute atomic E-state index is 9.31. The van der Waals surface area contributed by atoms with Gasteiger partial charge in [0, 0.05) is 0 Å². The van der Waals surface area contributed by atoms with E-state index >= 15 is 0 Å². The Morgan fingerprint density at radius 2 is 0.806 bits per heavy atom. The minimum Gasteiger partial charge on any atom is -0.0622 e. The van der Waals surface area contributed by atoms with Gasteiger partial charge in [0.2, 0.25) is 0 Å². The molecule has 168 valence electrons. The highest BCUT2D eigenvalue weighted by atomic mass is 14.2. The van der Waals surface area contributed by atoms with Crippen LogP contribution in [0, 0.1) is 0 Å². The topological polar surface area (TPSA) is 0 Å². The molecule has 0 aliphatic carbocycles. The Bertz CT molecular complexity index is 2990. The number of benzene rings is 7. The number of fused-ring (bicyclic) bond motifs is 3. The molecule has 0 nitrogen and oxygen atoms in total. The molecule has 0 saturated heterocycles. The molecule has 0 unspecified atom stereocenters. The standard InChI is InChI=1S/C36H24/c1-2-11-27(12-3-1)35-31-14-6-8-16-33(31)36(34-17-9-7-15-32(34)35)28-21-18-26(19-22-28)30-23-20-25-10-4-5-13-29(25)24-30/h1-24H/i1D,2D,3D,4D,5D,6D,7D,8D,9D,11D,12D,13D,14D,15D,16D,17D,18D,19D,20D,21D,22D,23D,24D. The van der Waals surface area contributed by atoms with Gasteiger partial charge in [-0.1, -0.05) is 139 Å². The van der Waals surface area contributed by atoms with Crippen molar-refractivity contribution in [2.45, 2.75) is 0 Å². The Morgan fingerprint density at radius 3 is 1.42 bits per heavy atom. The van der Waals surface area contributed by atoms with Gasteiger partial charge in [0.15, 0.2) is 0 Å². The summed E-state index contributed by atoms with van der Waals surface area (Å²) in [6.45, 7) is 0. The molecule has 7 aromatic rings. The second-order valence-electron chi connectivity index (χ2n) is 7.58.